The lowest BCUT2D eigenvalue weighted by Crippen LogP contribution is -2.38. The van der Waals surface area contributed by atoms with Gasteiger partial charge in [-0.1, -0.05) is 12.1 Å². The third-order valence-electron chi connectivity index (χ3n) is 3.79. The highest BCUT2D eigenvalue weighted by Crippen LogP contribution is 2.29. The van der Waals surface area contributed by atoms with E-state index in [0.29, 0.717) is 32.9 Å². The van der Waals surface area contributed by atoms with E-state index < -0.39 is 11.7 Å². The summed E-state index contributed by atoms with van der Waals surface area (Å²) < 4.78 is 48.3. The molecule has 1 rings (SSSR count). The van der Waals surface area contributed by atoms with Crippen molar-refractivity contribution < 1.29 is 22.6 Å². The highest BCUT2D eigenvalue weighted by molar-refractivity contribution is 5.79. The van der Waals surface area contributed by atoms with Crippen LogP contribution < -0.4 is 5.32 Å². The molecule has 0 saturated carbocycles. The quantitative estimate of drug-likeness (QED) is 0.357. The van der Waals surface area contributed by atoms with Crippen molar-refractivity contribution in [2.75, 3.05) is 47.1 Å². The maximum Gasteiger partial charge on any atom is 0.416 e. The molecule has 0 unspecified atom stereocenters. The lowest BCUT2D eigenvalue weighted by molar-refractivity contribution is -0.137. The molecule has 154 valence electrons. The number of halogens is 3. The summed E-state index contributed by atoms with van der Waals surface area (Å²) in [5, 5.41) is 3.21. The Morgan fingerprint density at radius 3 is 2.41 bits per heavy atom. The number of nitrogens with zero attached hydrogens (tertiary/aromatic N) is 2. The summed E-state index contributed by atoms with van der Waals surface area (Å²) in [7, 11) is 3.51. The first-order valence-electron chi connectivity index (χ1n) is 9.10. The number of unbranched alkanes of at least 4 members (excludes halogenated alkanes) is 1. The van der Waals surface area contributed by atoms with Gasteiger partial charge in [0.15, 0.2) is 5.96 Å². The van der Waals surface area contributed by atoms with E-state index in [1.165, 1.54) is 12.1 Å². The largest absolute Gasteiger partial charge is 0.416 e. The second-order valence-corrected chi connectivity index (χ2v) is 6.10. The molecule has 0 heterocycles. The Labute approximate surface area is 159 Å². The summed E-state index contributed by atoms with van der Waals surface area (Å²) in [5.41, 5.74) is 0.157. The second-order valence-electron chi connectivity index (χ2n) is 6.10. The molecular weight excluding hydrogens is 359 g/mol. The highest BCUT2D eigenvalue weighted by Gasteiger charge is 2.29. The van der Waals surface area contributed by atoms with Crippen molar-refractivity contribution in [2.24, 2.45) is 4.99 Å². The van der Waals surface area contributed by atoms with Crippen LogP contribution in [0.15, 0.2) is 29.3 Å². The minimum Gasteiger partial charge on any atom is -0.382 e. The number of aliphatic imine (C=N–C) groups is 1. The molecule has 1 aromatic carbocycles. The summed E-state index contributed by atoms with van der Waals surface area (Å²) in [6.07, 6.45) is -2.50. The van der Waals surface area contributed by atoms with Crippen LogP contribution in [-0.4, -0.2) is 57.9 Å². The van der Waals surface area contributed by atoms with Crippen molar-refractivity contribution in [3.63, 3.8) is 0 Å². The van der Waals surface area contributed by atoms with Gasteiger partial charge >= 0.3 is 6.18 Å². The molecule has 1 aromatic rings. The number of hydrogen-bond donors (Lipinski definition) is 1. The molecule has 0 saturated heterocycles. The number of guanidine groups is 1. The van der Waals surface area contributed by atoms with Crippen molar-refractivity contribution in [3.8, 4) is 0 Å². The van der Waals surface area contributed by atoms with Gasteiger partial charge < -0.3 is 19.7 Å². The molecule has 27 heavy (non-hydrogen) atoms. The van der Waals surface area contributed by atoms with Crippen molar-refractivity contribution in [1.29, 1.82) is 0 Å². The molecule has 0 aliphatic carbocycles. The topological polar surface area (TPSA) is 46.1 Å². The van der Waals surface area contributed by atoms with Crippen LogP contribution in [0.5, 0.6) is 0 Å². The first-order valence-corrected chi connectivity index (χ1v) is 9.10. The maximum absolute atomic E-state index is 12.6. The number of alkyl halides is 3. The Hall–Kier alpha value is -1.80. The van der Waals surface area contributed by atoms with Gasteiger partial charge in [0.2, 0.25) is 0 Å². The zero-order valence-electron chi connectivity index (χ0n) is 16.3. The number of hydrogen-bond acceptors (Lipinski definition) is 3. The SMILES string of the molecule is CCNC(=NCCCCOCCOC)N(C)Cc1ccc(C(F)(F)F)cc1. The van der Waals surface area contributed by atoms with Crippen LogP contribution >= 0.6 is 0 Å². The van der Waals surface area contributed by atoms with E-state index in [1.54, 1.807) is 7.11 Å². The van der Waals surface area contributed by atoms with Crippen LogP contribution in [-0.2, 0) is 22.2 Å². The first kappa shape index (κ1) is 23.2. The van der Waals surface area contributed by atoms with Gasteiger partial charge in [-0.2, -0.15) is 13.2 Å². The summed E-state index contributed by atoms with van der Waals surface area (Å²) in [5.74, 6) is 0.734. The fourth-order valence-corrected chi connectivity index (χ4v) is 2.36. The molecule has 0 amide bonds. The zero-order chi connectivity index (χ0) is 20.1. The van der Waals surface area contributed by atoms with Crippen LogP contribution in [0, 0.1) is 0 Å². The molecule has 0 fully saturated rings. The van der Waals surface area contributed by atoms with E-state index in [0.717, 1.165) is 43.0 Å². The Morgan fingerprint density at radius 2 is 1.81 bits per heavy atom. The van der Waals surface area contributed by atoms with Gasteiger partial charge in [-0.25, -0.2) is 0 Å². The average molecular weight is 389 g/mol. The monoisotopic (exact) mass is 389 g/mol. The molecule has 0 aliphatic rings. The molecule has 5 nitrogen and oxygen atoms in total. The molecule has 0 bridgehead atoms. The molecule has 8 heteroatoms. The van der Waals surface area contributed by atoms with Crippen LogP contribution in [0.2, 0.25) is 0 Å². The van der Waals surface area contributed by atoms with Gasteiger partial charge in [0.1, 0.15) is 0 Å². The van der Waals surface area contributed by atoms with E-state index in [-0.39, 0.29) is 0 Å². The highest BCUT2D eigenvalue weighted by atomic mass is 19.4. The molecular formula is C19H30F3N3O2. The predicted octanol–water partition coefficient (Wildman–Crippen LogP) is 3.55. The van der Waals surface area contributed by atoms with Crippen LogP contribution in [0.4, 0.5) is 13.2 Å². The third-order valence-corrected chi connectivity index (χ3v) is 3.79. The normalized spacial score (nSPS) is 12.3. The second kappa shape index (κ2) is 12.6. The van der Waals surface area contributed by atoms with Crippen molar-refractivity contribution >= 4 is 5.96 Å². The van der Waals surface area contributed by atoms with Crippen LogP contribution in [0.1, 0.15) is 30.9 Å². The number of methoxy groups -OCH3 is 1. The summed E-state index contributed by atoms with van der Waals surface area (Å²) >= 11 is 0. The molecule has 0 radical (unpaired) electrons. The fourth-order valence-electron chi connectivity index (χ4n) is 2.36. The van der Waals surface area contributed by atoms with E-state index >= 15 is 0 Å². The van der Waals surface area contributed by atoms with Crippen molar-refractivity contribution in [1.82, 2.24) is 10.2 Å². The van der Waals surface area contributed by atoms with Crippen LogP contribution in [0.3, 0.4) is 0 Å². The fraction of sp³-hybridized carbons (Fsp3) is 0.632. The summed E-state index contributed by atoms with van der Waals surface area (Å²) in [4.78, 5) is 6.48. The molecule has 0 spiro atoms. The van der Waals surface area contributed by atoms with E-state index in [4.69, 9.17) is 9.47 Å². The number of ether oxygens (including phenoxy) is 2. The Balaban J connectivity index is 2.48. The van der Waals surface area contributed by atoms with Crippen LogP contribution in [0.25, 0.3) is 0 Å². The Bertz CT molecular complexity index is 548. The standard InChI is InChI=1S/C19H30F3N3O2/c1-4-23-18(24-11-5-6-12-27-14-13-26-3)25(2)15-16-7-9-17(10-8-16)19(20,21)22/h7-10H,4-6,11-15H2,1-3H3,(H,23,24). The van der Waals surface area contributed by atoms with Crippen molar-refractivity contribution in [2.45, 2.75) is 32.5 Å². The summed E-state index contributed by atoms with van der Waals surface area (Å²) in [6.45, 7) is 5.70. The lowest BCUT2D eigenvalue weighted by Gasteiger charge is -2.22. The Kier molecular flexibility index (Phi) is 10.8. The van der Waals surface area contributed by atoms with E-state index in [2.05, 4.69) is 10.3 Å². The van der Waals surface area contributed by atoms with Gasteiger partial charge in [0, 0.05) is 40.4 Å². The minimum absolute atomic E-state index is 0.476. The van der Waals surface area contributed by atoms with Crippen molar-refractivity contribution in [3.05, 3.63) is 35.4 Å². The van der Waals surface area contributed by atoms with E-state index in [9.17, 15) is 13.2 Å². The van der Waals surface area contributed by atoms with E-state index in [1.807, 2.05) is 18.9 Å². The van der Waals surface area contributed by atoms with Gasteiger partial charge in [0.25, 0.3) is 0 Å². The third kappa shape index (κ3) is 9.63. The lowest BCUT2D eigenvalue weighted by atomic mass is 10.1. The van der Waals surface area contributed by atoms with Gasteiger partial charge in [-0.15, -0.1) is 0 Å². The summed E-state index contributed by atoms with van der Waals surface area (Å²) in [6, 6.07) is 5.22. The zero-order valence-corrected chi connectivity index (χ0v) is 16.3. The first-order chi connectivity index (χ1) is 12.9. The Morgan fingerprint density at radius 1 is 1.11 bits per heavy atom. The number of rotatable bonds is 11. The smallest absolute Gasteiger partial charge is 0.382 e. The molecule has 0 aliphatic heterocycles. The van der Waals surface area contributed by atoms with Gasteiger partial charge in [0.05, 0.1) is 18.8 Å². The number of nitrogens with one attached hydrogen (secondary N) is 1. The van der Waals surface area contributed by atoms with Gasteiger partial charge in [-0.05, 0) is 37.5 Å². The maximum atomic E-state index is 12.6. The molecule has 1 N–H and O–H groups in total. The predicted molar refractivity (Wildman–Crippen MR) is 101 cm³/mol. The number of benzene rings is 1. The molecule has 0 aromatic heterocycles. The average Bonchev–Trinajstić information content (AvgIpc) is 2.62. The van der Waals surface area contributed by atoms with Gasteiger partial charge in [-0.3, -0.25) is 4.99 Å². The molecule has 0 atom stereocenters. The minimum atomic E-state index is -4.31.